The largest absolute Gasteiger partial charge is 0.492 e. The number of hydrogen-bond acceptors (Lipinski definition) is 2. The van der Waals surface area contributed by atoms with Gasteiger partial charge in [-0.2, -0.15) is 0 Å². The van der Waals surface area contributed by atoms with Crippen LogP contribution in [0, 0.1) is 13.8 Å². The highest BCUT2D eigenvalue weighted by Crippen LogP contribution is 2.17. The molecule has 0 fully saturated rings. The third kappa shape index (κ3) is 4.60. The van der Waals surface area contributed by atoms with Gasteiger partial charge in [0.2, 0.25) is 0 Å². The number of anilines is 1. The SMILES string of the molecule is Cc1cc(C)cc(OCCNc2cccc(Br)c2)c1. The highest BCUT2D eigenvalue weighted by atomic mass is 79.9. The third-order valence-corrected chi connectivity index (χ3v) is 3.21. The first-order valence-electron chi connectivity index (χ1n) is 6.34. The number of hydrogen-bond donors (Lipinski definition) is 1. The van der Waals surface area contributed by atoms with E-state index in [2.05, 4.69) is 59.4 Å². The lowest BCUT2D eigenvalue weighted by atomic mass is 10.1. The van der Waals surface area contributed by atoms with Crippen molar-refractivity contribution in [1.29, 1.82) is 0 Å². The lowest BCUT2D eigenvalue weighted by Gasteiger charge is -2.10. The summed E-state index contributed by atoms with van der Waals surface area (Å²) in [6, 6.07) is 14.4. The number of halogens is 1. The van der Waals surface area contributed by atoms with Crippen molar-refractivity contribution in [2.75, 3.05) is 18.5 Å². The molecule has 19 heavy (non-hydrogen) atoms. The van der Waals surface area contributed by atoms with Gasteiger partial charge in [0.25, 0.3) is 0 Å². The van der Waals surface area contributed by atoms with Crippen molar-refractivity contribution in [3.63, 3.8) is 0 Å². The highest BCUT2D eigenvalue weighted by Gasteiger charge is 1.97. The van der Waals surface area contributed by atoms with Crippen LogP contribution in [0.2, 0.25) is 0 Å². The molecule has 0 bridgehead atoms. The zero-order valence-corrected chi connectivity index (χ0v) is 12.8. The average molecular weight is 320 g/mol. The summed E-state index contributed by atoms with van der Waals surface area (Å²) in [5.41, 5.74) is 3.56. The fraction of sp³-hybridized carbons (Fsp3) is 0.250. The second-order valence-electron chi connectivity index (χ2n) is 4.61. The summed E-state index contributed by atoms with van der Waals surface area (Å²) < 4.78 is 6.82. The number of aryl methyl sites for hydroxylation is 2. The normalized spacial score (nSPS) is 10.3. The summed E-state index contributed by atoms with van der Waals surface area (Å²) >= 11 is 3.45. The summed E-state index contributed by atoms with van der Waals surface area (Å²) in [6.45, 7) is 5.60. The molecular formula is C16H18BrNO. The van der Waals surface area contributed by atoms with E-state index in [4.69, 9.17) is 4.74 Å². The molecule has 0 aliphatic heterocycles. The van der Waals surface area contributed by atoms with Crippen molar-refractivity contribution in [3.8, 4) is 5.75 Å². The molecule has 2 aromatic carbocycles. The maximum Gasteiger partial charge on any atom is 0.119 e. The molecule has 100 valence electrons. The van der Waals surface area contributed by atoms with Gasteiger partial charge >= 0.3 is 0 Å². The summed E-state index contributed by atoms with van der Waals surface area (Å²) in [4.78, 5) is 0. The average Bonchev–Trinajstić information content (AvgIpc) is 2.34. The standard InChI is InChI=1S/C16H18BrNO/c1-12-8-13(2)10-16(9-12)19-7-6-18-15-5-3-4-14(17)11-15/h3-5,8-11,18H,6-7H2,1-2H3. The first-order chi connectivity index (χ1) is 9.13. The molecule has 0 aromatic heterocycles. The lowest BCUT2D eigenvalue weighted by Crippen LogP contribution is -2.11. The van der Waals surface area contributed by atoms with E-state index in [1.54, 1.807) is 0 Å². The lowest BCUT2D eigenvalue weighted by molar-refractivity contribution is 0.332. The van der Waals surface area contributed by atoms with E-state index in [1.165, 1.54) is 11.1 Å². The zero-order chi connectivity index (χ0) is 13.7. The van der Waals surface area contributed by atoms with Crippen LogP contribution < -0.4 is 10.1 Å². The van der Waals surface area contributed by atoms with Gasteiger partial charge in [-0.25, -0.2) is 0 Å². The maximum absolute atomic E-state index is 5.75. The Hall–Kier alpha value is -1.48. The third-order valence-electron chi connectivity index (χ3n) is 2.72. The van der Waals surface area contributed by atoms with Crippen LogP contribution in [0.3, 0.4) is 0 Å². The van der Waals surface area contributed by atoms with Gasteiger partial charge in [-0.3, -0.25) is 0 Å². The molecule has 0 saturated carbocycles. The summed E-state index contributed by atoms with van der Waals surface area (Å²) in [5, 5.41) is 3.33. The molecule has 0 atom stereocenters. The van der Waals surface area contributed by atoms with Gasteiger partial charge in [0, 0.05) is 16.7 Å². The van der Waals surface area contributed by atoms with E-state index in [-0.39, 0.29) is 0 Å². The second kappa shape index (κ2) is 6.62. The van der Waals surface area contributed by atoms with E-state index in [9.17, 15) is 0 Å². The van der Waals surface area contributed by atoms with Crippen molar-refractivity contribution < 1.29 is 4.74 Å². The molecule has 1 N–H and O–H groups in total. The first-order valence-corrected chi connectivity index (χ1v) is 7.13. The number of benzene rings is 2. The van der Waals surface area contributed by atoms with Crippen LogP contribution in [0.15, 0.2) is 46.9 Å². The van der Waals surface area contributed by atoms with Gasteiger partial charge in [-0.05, 0) is 55.3 Å². The van der Waals surface area contributed by atoms with Gasteiger partial charge in [-0.15, -0.1) is 0 Å². The Balaban J connectivity index is 1.80. The molecule has 0 unspecified atom stereocenters. The van der Waals surface area contributed by atoms with E-state index in [0.717, 1.165) is 22.5 Å². The molecule has 0 aliphatic rings. The van der Waals surface area contributed by atoms with E-state index >= 15 is 0 Å². The van der Waals surface area contributed by atoms with Crippen LogP contribution in [0.25, 0.3) is 0 Å². The summed E-state index contributed by atoms with van der Waals surface area (Å²) in [5.74, 6) is 0.938. The van der Waals surface area contributed by atoms with Crippen LogP contribution in [0.4, 0.5) is 5.69 Å². The van der Waals surface area contributed by atoms with E-state index in [0.29, 0.717) is 6.61 Å². The Bertz CT molecular complexity index is 534. The van der Waals surface area contributed by atoms with E-state index in [1.807, 2.05) is 18.2 Å². The highest BCUT2D eigenvalue weighted by molar-refractivity contribution is 9.10. The molecule has 0 radical (unpaired) electrons. The molecular weight excluding hydrogens is 302 g/mol. The molecule has 3 heteroatoms. The monoisotopic (exact) mass is 319 g/mol. The molecule has 2 nitrogen and oxygen atoms in total. The first kappa shape index (κ1) is 13.9. The van der Waals surface area contributed by atoms with Crippen LogP contribution >= 0.6 is 15.9 Å². The van der Waals surface area contributed by atoms with E-state index < -0.39 is 0 Å². The number of nitrogens with one attached hydrogen (secondary N) is 1. The minimum absolute atomic E-state index is 0.648. The van der Waals surface area contributed by atoms with Crippen LogP contribution in [0.1, 0.15) is 11.1 Å². The van der Waals surface area contributed by atoms with Gasteiger partial charge in [0.15, 0.2) is 0 Å². The fourth-order valence-electron chi connectivity index (χ4n) is 1.98. The molecule has 2 rings (SSSR count). The van der Waals surface area contributed by atoms with Crippen LogP contribution in [-0.2, 0) is 0 Å². The Morgan fingerprint density at radius 1 is 1.05 bits per heavy atom. The van der Waals surface area contributed by atoms with Crippen LogP contribution in [0.5, 0.6) is 5.75 Å². The second-order valence-corrected chi connectivity index (χ2v) is 5.52. The smallest absolute Gasteiger partial charge is 0.119 e. The summed E-state index contributed by atoms with van der Waals surface area (Å²) in [6.07, 6.45) is 0. The molecule has 0 saturated heterocycles. The van der Waals surface area contributed by atoms with Crippen molar-refractivity contribution >= 4 is 21.6 Å². The van der Waals surface area contributed by atoms with Gasteiger partial charge in [0.05, 0.1) is 0 Å². The Labute approximate surface area is 122 Å². The molecule has 0 aliphatic carbocycles. The van der Waals surface area contributed by atoms with Crippen molar-refractivity contribution in [1.82, 2.24) is 0 Å². The molecule has 0 spiro atoms. The minimum atomic E-state index is 0.648. The number of ether oxygens (including phenoxy) is 1. The minimum Gasteiger partial charge on any atom is -0.492 e. The predicted molar refractivity (Wildman–Crippen MR) is 84.0 cm³/mol. The van der Waals surface area contributed by atoms with Crippen molar-refractivity contribution in [3.05, 3.63) is 58.1 Å². The van der Waals surface area contributed by atoms with Crippen molar-refractivity contribution in [2.45, 2.75) is 13.8 Å². The van der Waals surface area contributed by atoms with Gasteiger partial charge in [-0.1, -0.05) is 28.1 Å². The molecule has 2 aromatic rings. The Kier molecular flexibility index (Phi) is 4.86. The Morgan fingerprint density at radius 2 is 1.79 bits per heavy atom. The zero-order valence-electron chi connectivity index (χ0n) is 11.2. The molecule has 0 amide bonds. The van der Waals surface area contributed by atoms with Crippen LogP contribution in [-0.4, -0.2) is 13.2 Å². The Morgan fingerprint density at radius 3 is 2.47 bits per heavy atom. The van der Waals surface area contributed by atoms with Gasteiger partial charge < -0.3 is 10.1 Å². The van der Waals surface area contributed by atoms with Crippen molar-refractivity contribution in [2.24, 2.45) is 0 Å². The topological polar surface area (TPSA) is 21.3 Å². The predicted octanol–water partition coefficient (Wildman–Crippen LogP) is 4.56. The summed E-state index contributed by atoms with van der Waals surface area (Å²) in [7, 11) is 0. The number of rotatable bonds is 5. The maximum atomic E-state index is 5.75. The quantitative estimate of drug-likeness (QED) is 0.816. The van der Waals surface area contributed by atoms with Gasteiger partial charge in [0.1, 0.15) is 12.4 Å². The fourth-order valence-corrected chi connectivity index (χ4v) is 2.38. The molecule has 0 heterocycles.